The van der Waals surface area contributed by atoms with Gasteiger partial charge in [-0.25, -0.2) is 0 Å². The van der Waals surface area contributed by atoms with Gasteiger partial charge >= 0.3 is 0 Å². The van der Waals surface area contributed by atoms with Crippen molar-refractivity contribution < 1.29 is 0 Å². The molecule has 0 saturated heterocycles. The van der Waals surface area contributed by atoms with Crippen molar-refractivity contribution in [3.63, 3.8) is 0 Å². The van der Waals surface area contributed by atoms with E-state index in [9.17, 15) is 0 Å². The van der Waals surface area contributed by atoms with Crippen LogP contribution in [-0.2, 0) is 5.75 Å². The van der Waals surface area contributed by atoms with E-state index in [0.717, 1.165) is 21.2 Å². The summed E-state index contributed by atoms with van der Waals surface area (Å²) in [6, 6.07) is 6.14. The summed E-state index contributed by atoms with van der Waals surface area (Å²) in [5.41, 5.74) is 8.05. The van der Waals surface area contributed by atoms with Crippen molar-refractivity contribution in [3.8, 4) is 0 Å². The first-order chi connectivity index (χ1) is 7.77. The molecule has 1 nitrogen and oxygen atoms in total. The van der Waals surface area contributed by atoms with E-state index in [0.29, 0.717) is 0 Å². The van der Waals surface area contributed by atoms with Crippen molar-refractivity contribution >= 4 is 33.4 Å². The van der Waals surface area contributed by atoms with Crippen molar-refractivity contribution in [2.45, 2.75) is 43.1 Å². The molecule has 1 fully saturated rings. The van der Waals surface area contributed by atoms with Gasteiger partial charge in [0.05, 0.1) is 0 Å². The van der Waals surface area contributed by atoms with Crippen molar-refractivity contribution in [2.24, 2.45) is 0 Å². The van der Waals surface area contributed by atoms with Gasteiger partial charge in [0.2, 0.25) is 0 Å². The molecule has 0 aliphatic heterocycles. The maximum atomic E-state index is 5.87. The monoisotopic (exact) mass is 299 g/mol. The Hall–Kier alpha value is -0.150. The summed E-state index contributed by atoms with van der Waals surface area (Å²) in [4.78, 5) is 0. The molecule has 0 atom stereocenters. The predicted molar refractivity (Wildman–Crippen MR) is 76.7 cm³/mol. The summed E-state index contributed by atoms with van der Waals surface area (Å²) in [6.45, 7) is 0. The van der Waals surface area contributed by atoms with E-state index < -0.39 is 0 Å². The van der Waals surface area contributed by atoms with E-state index in [1.165, 1.54) is 37.7 Å². The predicted octanol–water partition coefficient (Wildman–Crippen LogP) is 4.60. The highest BCUT2D eigenvalue weighted by Gasteiger charge is 2.14. The maximum Gasteiger partial charge on any atom is 0.0461 e. The molecule has 0 heterocycles. The summed E-state index contributed by atoms with van der Waals surface area (Å²) in [6.07, 6.45) is 7.04. The fourth-order valence-corrected chi connectivity index (χ4v) is 4.06. The molecule has 16 heavy (non-hydrogen) atoms. The zero-order valence-corrected chi connectivity index (χ0v) is 11.8. The van der Waals surface area contributed by atoms with Gasteiger partial charge in [-0.05, 0) is 40.4 Å². The Morgan fingerprint density at radius 3 is 2.75 bits per heavy atom. The number of benzene rings is 1. The summed E-state index contributed by atoms with van der Waals surface area (Å²) in [5.74, 6) is 1.08. The Labute approximate surface area is 110 Å². The smallest absolute Gasteiger partial charge is 0.0461 e. The molecule has 1 aliphatic carbocycles. The molecule has 2 N–H and O–H groups in total. The highest BCUT2D eigenvalue weighted by Crippen LogP contribution is 2.33. The fraction of sp³-hybridized carbons (Fsp3) is 0.538. The van der Waals surface area contributed by atoms with E-state index >= 15 is 0 Å². The molecule has 0 aromatic heterocycles. The second-order valence-corrected chi connectivity index (χ2v) is 6.47. The standard InChI is InChI=1S/C13H18BrNS/c14-13-10(5-4-8-12(13)15)9-16-11-6-2-1-3-7-11/h4-5,8,11H,1-3,6-7,9,15H2. The van der Waals surface area contributed by atoms with Crippen LogP contribution in [0.1, 0.15) is 37.7 Å². The van der Waals surface area contributed by atoms with Gasteiger partial charge in [-0.3, -0.25) is 0 Å². The van der Waals surface area contributed by atoms with Crippen molar-refractivity contribution in [2.75, 3.05) is 5.73 Å². The first kappa shape index (κ1) is 12.3. The quantitative estimate of drug-likeness (QED) is 0.826. The van der Waals surface area contributed by atoms with Crippen LogP contribution in [0.2, 0.25) is 0 Å². The van der Waals surface area contributed by atoms with Crippen LogP contribution in [0, 0.1) is 0 Å². The number of hydrogen-bond donors (Lipinski definition) is 1. The highest BCUT2D eigenvalue weighted by molar-refractivity contribution is 9.10. The SMILES string of the molecule is Nc1cccc(CSC2CCCCC2)c1Br. The summed E-state index contributed by atoms with van der Waals surface area (Å²) in [7, 11) is 0. The molecule has 1 aliphatic rings. The molecule has 1 aromatic rings. The van der Waals surface area contributed by atoms with Gasteiger partial charge in [0.25, 0.3) is 0 Å². The molecule has 0 radical (unpaired) electrons. The Balaban J connectivity index is 1.91. The van der Waals surface area contributed by atoms with E-state index in [1.807, 2.05) is 12.1 Å². The van der Waals surface area contributed by atoms with Crippen LogP contribution >= 0.6 is 27.7 Å². The third-order valence-corrected chi connectivity index (χ3v) is 5.52. The molecule has 1 saturated carbocycles. The lowest BCUT2D eigenvalue weighted by Gasteiger charge is -2.21. The second kappa shape index (κ2) is 5.97. The Kier molecular flexibility index (Phi) is 4.59. The van der Waals surface area contributed by atoms with Gasteiger partial charge in [-0.1, -0.05) is 31.4 Å². The van der Waals surface area contributed by atoms with E-state index in [4.69, 9.17) is 5.73 Å². The number of rotatable bonds is 3. The minimum absolute atomic E-state index is 0.849. The average molecular weight is 300 g/mol. The molecule has 0 bridgehead atoms. The number of hydrogen-bond acceptors (Lipinski definition) is 2. The lowest BCUT2D eigenvalue weighted by Crippen LogP contribution is -2.08. The highest BCUT2D eigenvalue weighted by atomic mass is 79.9. The normalized spacial score (nSPS) is 17.6. The van der Waals surface area contributed by atoms with Gasteiger partial charge in [-0.2, -0.15) is 11.8 Å². The van der Waals surface area contributed by atoms with Gasteiger partial charge in [0, 0.05) is 21.2 Å². The van der Waals surface area contributed by atoms with Gasteiger partial charge in [0.1, 0.15) is 0 Å². The van der Waals surface area contributed by atoms with Crippen LogP contribution in [0.4, 0.5) is 5.69 Å². The second-order valence-electron chi connectivity index (χ2n) is 4.39. The summed E-state index contributed by atoms with van der Waals surface area (Å²) in [5, 5.41) is 0.863. The average Bonchev–Trinajstić information content (AvgIpc) is 2.32. The number of nitrogen functional groups attached to an aromatic ring is 1. The lowest BCUT2D eigenvalue weighted by atomic mass is 10.0. The number of halogens is 1. The molecule has 88 valence electrons. The Bertz CT molecular complexity index is 348. The molecular formula is C13H18BrNS. The summed E-state index contributed by atoms with van der Waals surface area (Å²) < 4.78 is 1.08. The van der Waals surface area contributed by atoms with E-state index in [2.05, 4.69) is 33.8 Å². The summed E-state index contributed by atoms with van der Waals surface area (Å²) >= 11 is 5.65. The molecule has 2 rings (SSSR count). The Morgan fingerprint density at radius 1 is 1.25 bits per heavy atom. The van der Waals surface area contributed by atoms with Crippen LogP contribution in [0.15, 0.2) is 22.7 Å². The van der Waals surface area contributed by atoms with Crippen LogP contribution in [-0.4, -0.2) is 5.25 Å². The number of thioether (sulfide) groups is 1. The maximum absolute atomic E-state index is 5.87. The first-order valence-corrected chi connectivity index (χ1v) is 7.76. The van der Waals surface area contributed by atoms with Crippen molar-refractivity contribution in [1.82, 2.24) is 0 Å². The third kappa shape index (κ3) is 3.17. The van der Waals surface area contributed by atoms with Crippen LogP contribution < -0.4 is 5.73 Å². The third-order valence-electron chi connectivity index (χ3n) is 3.14. The van der Waals surface area contributed by atoms with Crippen LogP contribution in [0.25, 0.3) is 0 Å². The van der Waals surface area contributed by atoms with E-state index in [-0.39, 0.29) is 0 Å². The minimum atomic E-state index is 0.849. The van der Waals surface area contributed by atoms with Gasteiger partial charge < -0.3 is 5.73 Å². The van der Waals surface area contributed by atoms with E-state index in [1.54, 1.807) is 0 Å². The lowest BCUT2D eigenvalue weighted by molar-refractivity contribution is 0.516. The zero-order valence-electron chi connectivity index (χ0n) is 9.42. The molecule has 3 heteroatoms. The Morgan fingerprint density at radius 2 is 2.00 bits per heavy atom. The van der Waals surface area contributed by atoms with Gasteiger partial charge in [0.15, 0.2) is 0 Å². The fourth-order valence-electron chi connectivity index (χ4n) is 2.15. The minimum Gasteiger partial charge on any atom is -0.398 e. The van der Waals surface area contributed by atoms with Crippen LogP contribution in [0.5, 0.6) is 0 Å². The number of nitrogens with two attached hydrogens (primary N) is 1. The molecule has 0 amide bonds. The molecule has 0 spiro atoms. The topological polar surface area (TPSA) is 26.0 Å². The van der Waals surface area contributed by atoms with Crippen molar-refractivity contribution in [1.29, 1.82) is 0 Å². The molecule has 1 aromatic carbocycles. The zero-order chi connectivity index (χ0) is 11.4. The first-order valence-electron chi connectivity index (χ1n) is 5.92. The largest absolute Gasteiger partial charge is 0.398 e. The number of anilines is 1. The molecule has 0 unspecified atom stereocenters. The van der Waals surface area contributed by atoms with Crippen LogP contribution in [0.3, 0.4) is 0 Å². The molecular weight excluding hydrogens is 282 g/mol. The van der Waals surface area contributed by atoms with Gasteiger partial charge in [-0.15, -0.1) is 0 Å². The van der Waals surface area contributed by atoms with Crippen molar-refractivity contribution in [3.05, 3.63) is 28.2 Å².